The van der Waals surface area contributed by atoms with Crippen molar-refractivity contribution in [2.24, 2.45) is 0 Å². The average molecular weight is 323 g/mol. The SMILES string of the molecule is C=CC(=O)OCCOc1ccc(COc2ccc(C#N)cc2)cc1. The summed E-state index contributed by atoms with van der Waals surface area (Å²) in [4.78, 5) is 10.9. The lowest BCUT2D eigenvalue weighted by molar-refractivity contribution is -0.138. The van der Waals surface area contributed by atoms with Gasteiger partial charge in [0, 0.05) is 6.08 Å². The van der Waals surface area contributed by atoms with Gasteiger partial charge in [-0.2, -0.15) is 5.26 Å². The Morgan fingerprint density at radius 2 is 1.62 bits per heavy atom. The summed E-state index contributed by atoms with van der Waals surface area (Å²) in [5.41, 5.74) is 1.59. The number of ether oxygens (including phenoxy) is 3. The lowest BCUT2D eigenvalue weighted by Crippen LogP contribution is -2.10. The second-order valence-electron chi connectivity index (χ2n) is 4.79. The molecule has 0 bridgehead atoms. The lowest BCUT2D eigenvalue weighted by Gasteiger charge is -2.09. The molecule has 0 N–H and O–H groups in total. The van der Waals surface area contributed by atoms with E-state index in [0.717, 1.165) is 11.6 Å². The maximum absolute atomic E-state index is 10.9. The van der Waals surface area contributed by atoms with Crippen molar-refractivity contribution in [2.75, 3.05) is 13.2 Å². The van der Waals surface area contributed by atoms with Gasteiger partial charge in [0.1, 0.15) is 31.3 Å². The predicted octanol–water partition coefficient (Wildman–Crippen LogP) is 3.25. The van der Waals surface area contributed by atoms with Gasteiger partial charge in [0.2, 0.25) is 0 Å². The van der Waals surface area contributed by atoms with Gasteiger partial charge in [0.15, 0.2) is 0 Å². The fourth-order valence-corrected chi connectivity index (χ4v) is 1.83. The van der Waals surface area contributed by atoms with E-state index in [2.05, 4.69) is 12.6 Å². The van der Waals surface area contributed by atoms with Crippen LogP contribution in [-0.4, -0.2) is 19.2 Å². The molecule has 0 atom stereocenters. The van der Waals surface area contributed by atoms with Crippen LogP contribution >= 0.6 is 0 Å². The maximum atomic E-state index is 10.9. The van der Waals surface area contributed by atoms with Crippen molar-refractivity contribution in [2.45, 2.75) is 6.61 Å². The highest BCUT2D eigenvalue weighted by Crippen LogP contribution is 2.16. The van der Waals surface area contributed by atoms with Crippen LogP contribution in [0.3, 0.4) is 0 Å². The Kier molecular flexibility index (Phi) is 6.42. The highest BCUT2D eigenvalue weighted by Gasteiger charge is 2.00. The number of esters is 1. The van der Waals surface area contributed by atoms with Gasteiger partial charge >= 0.3 is 5.97 Å². The van der Waals surface area contributed by atoms with Crippen LogP contribution in [0.4, 0.5) is 0 Å². The van der Waals surface area contributed by atoms with Gasteiger partial charge in [-0.05, 0) is 42.0 Å². The zero-order valence-electron chi connectivity index (χ0n) is 13.1. The molecule has 0 fully saturated rings. The first-order chi connectivity index (χ1) is 11.7. The molecule has 2 rings (SSSR count). The molecule has 0 saturated carbocycles. The van der Waals surface area contributed by atoms with Gasteiger partial charge in [0.25, 0.3) is 0 Å². The van der Waals surface area contributed by atoms with Crippen LogP contribution in [0, 0.1) is 11.3 Å². The standard InChI is InChI=1S/C19H17NO4/c1-2-19(21)23-12-11-22-17-9-5-16(6-10-17)14-24-18-7-3-15(13-20)4-8-18/h2-10H,1,11-12,14H2. The molecule has 5 heteroatoms. The molecule has 0 spiro atoms. The molecule has 2 aromatic rings. The summed E-state index contributed by atoms with van der Waals surface area (Å²) >= 11 is 0. The molecule has 0 aliphatic carbocycles. The Morgan fingerprint density at radius 1 is 1.00 bits per heavy atom. The smallest absolute Gasteiger partial charge is 0.330 e. The van der Waals surface area contributed by atoms with Crippen molar-refractivity contribution in [3.05, 3.63) is 72.3 Å². The lowest BCUT2D eigenvalue weighted by atomic mass is 10.2. The van der Waals surface area contributed by atoms with Crippen molar-refractivity contribution < 1.29 is 19.0 Å². The molecule has 2 aromatic carbocycles. The van der Waals surface area contributed by atoms with E-state index in [4.69, 9.17) is 19.5 Å². The van der Waals surface area contributed by atoms with E-state index in [0.29, 0.717) is 23.7 Å². The minimum atomic E-state index is -0.464. The normalized spacial score (nSPS) is 9.62. The summed E-state index contributed by atoms with van der Waals surface area (Å²) < 4.78 is 15.9. The number of benzene rings is 2. The second-order valence-corrected chi connectivity index (χ2v) is 4.79. The van der Waals surface area contributed by atoms with E-state index in [1.807, 2.05) is 24.3 Å². The Bertz CT molecular complexity index is 715. The predicted molar refractivity (Wildman–Crippen MR) is 88.6 cm³/mol. The Balaban J connectivity index is 1.76. The minimum Gasteiger partial charge on any atom is -0.490 e. The highest BCUT2D eigenvalue weighted by atomic mass is 16.6. The third-order valence-corrected chi connectivity index (χ3v) is 3.08. The summed E-state index contributed by atoms with van der Waals surface area (Å²) in [6, 6.07) is 16.5. The fraction of sp³-hybridized carbons (Fsp3) is 0.158. The van der Waals surface area contributed by atoms with Crippen LogP contribution in [0.1, 0.15) is 11.1 Å². The monoisotopic (exact) mass is 323 g/mol. The van der Waals surface area contributed by atoms with Crippen molar-refractivity contribution in [3.8, 4) is 17.6 Å². The zero-order chi connectivity index (χ0) is 17.2. The van der Waals surface area contributed by atoms with Crippen molar-refractivity contribution >= 4 is 5.97 Å². The topological polar surface area (TPSA) is 68.6 Å². The molecular weight excluding hydrogens is 306 g/mol. The molecule has 0 unspecified atom stereocenters. The molecule has 0 heterocycles. The molecular formula is C19H17NO4. The summed E-state index contributed by atoms with van der Waals surface area (Å²) in [7, 11) is 0. The van der Waals surface area contributed by atoms with Crippen LogP contribution in [0.5, 0.6) is 11.5 Å². The number of hydrogen-bond acceptors (Lipinski definition) is 5. The molecule has 0 aliphatic rings. The molecule has 24 heavy (non-hydrogen) atoms. The third-order valence-electron chi connectivity index (χ3n) is 3.08. The molecule has 5 nitrogen and oxygen atoms in total. The summed E-state index contributed by atoms with van der Waals surface area (Å²) in [5.74, 6) is 0.930. The first-order valence-electron chi connectivity index (χ1n) is 7.35. The van der Waals surface area contributed by atoms with Crippen LogP contribution in [-0.2, 0) is 16.1 Å². The number of rotatable bonds is 8. The summed E-state index contributed by atoms with van der Waals surface area (Å²) in [5, 5.41) is 8.75. The minimum absolute atomic E-state index is 0.175. The Hall–Kier alpha value is -3.26. The highest BCUT2D eigenvalue weighted by molar-refractivity contribution is 5.81. The zero-order valence-corrected chi connectivity index (χ0v) is 13.1. The second kappa shape index (κ2) is 9.01. The van der Waals surface area contributed by atoms with Gasteiger partial charge in [0.05, 0.1) is 11.6 Å². The van der Waals surface area contributed by atoms with E-state index in [1.165, 1.54) is 0 Å². The molecule has 0 radical (unpaired) electrons. The van der Waals surface area contributed by atoms with Gasteiger partial charge in [-0.1, -0.05) is 18.7 Å². The van der Waals surface area contributed by atoms with Gasteiger partial charge < -0.3 is 14.2 Å². The first-order valence-corrected chi connectivity index (χ1v) is 7.35. The van der Waals surface area contributed by atoms with Gasteiger partial charge in [-0.15, -0.1) is 0 Å². The van der Waals surface area contributed by atoms with Crippen LogP contribution in [0.2, 0.25) is 0 Å². The molecule has 0 amide bonds. The van der Waals surface area contributed by atoms with E-state index in [1.54, 1.807) is 24.3 Å². The quantitative estimate of drug-likeness (QED) is 0.424. The summed E-state index contributed by atoms with van der Waals surface area (Å²) in [6.07, 6.45) is 1.11. The largest absolute Gasteiger partial charge is 0.490 e. The Labute approximate surface area is 140 Å². The molecule has 0 saturated heterocycles. The van der Waals surface area contributed by atoms with Crippen LogP contribution in [0.15, 0.2) is 61.2 Å². The average Bonchev–Trinajstić information content (AvgIpc) is 2.64. The fourth-order valence-electron chi connectivity index (χ4n) is 1.83. The Morgan fingerprint density at radius 3 is 2.25 bits per heavy atom. The van der Waals surface area contributed by atoms with Crippen molar-refractivity contribution in [1.29, 1.82) is 5.26 Å². The molecule has 122 valence electrons. The van der Waals surface area contributed by atoms with E-state index in [-0.39, 0.29) is 13.2 Å². The maximum Gasteiger partial charge on any atom is 0.330 e. The van der Waals surface area contributed by atoms with E-state index in [9.17, 15) is 4.79 Å². The van der Waals surface area contributed by atoms with Crippen LogP contribution < -0.4 is 9.47 Å². The van der Waals surface area contributed by atoms with Gasteiger partial charge in [-0.25, -0.2) is 4.79 Å². The van der Waals surface area contributed by atoms with Gasteiger partial charge in [-0.3, -0.25) is 0 Å². The third kappa shape index (κ3) is 5.50. The number of carbonyl (C=O) groups excluding carboxylic acids is 1. The number of carbonyl (C=O) groups is 1. The van der Waals surface area contributed by atoms with Crippen molar-refractivity contribution in [1.82, 2.24) is 0 Å². The van der Waals surface area contributed by atoms with Crippen molar-refractivity contribution in [3.63, 3.8) is 0 Å². The first kappa shape index (κ1) is 17.1. The molecule has 0 aromatic heterocycles. The van der Waals surface area contributed by atoms with E-state index >= 15 is 0 Å². The number of hydrogen-bond donors (Lipinski definition) is 0. The number of nitriles is 1. The van der Waals surface area contributed by atoms with E-state index < -0.39 is 5.97 Å². The molecule has 0 aliphatic heterocycles. The van der Waals surface area contributed by atoms with Crippen LogP contribution in [0.25, 0.3) is 0 Å². The number of nitrogens with zero attached hydrogens (tertiary/aromatic N) is 1. The summed E-state index contributed by atoms with van der Waals surface area (Å²) in [6.45, 7) is 4.19.